The molecule has 0 spiro atoms. The number of nitrogens with zero attached hydrogens (tertiary/aromatic N) is 2. The molecule has 0 saturated heterocycles. The molecule has 4 heteroatoms. The zero-order valence-corrected chi connectivity index (χ0v) is 47.7. The molecule has 0 amide bonds. The summed E-state index contributed by atoms with van der Waals surface area (Å²) in [4.78, 5) is 4.76. The molecular weight excluding hydrogens is 985 g/mol. The Morgan fingerprint density at radius 1 is 0.395 bits per heavy atom. The standard InChI is InChI=1S/C77H68N2O2/c1-9-50(8)68-46-72(78(55-36-32-48(6)33-37-55)69-30-18-26-59(75(69)80)54-23-16-22-53(44-54)57-24-14-12-20-51(57)10-2)66-42-40-60-67(47(4)5)45-71(65-43-41-61(68)74(66)73(60)65)79(56-38-34-49(7)35-39-56)70-31-19-29-64-63-28-17-27-62(76(63)81-77(64)70)58-25-15-13-21-52(58)11-3/h12-47,50,80H,9-11H2,1-8H3. The summed E-state index contributed by atoms with van der Waals surface area (Å²) in [6, 6.07) is 77.5. The molecular formula is C77H68N2O2. The van der Waals surface area contributed by atoms with E-state index in [1.807, 2.05) is 0 Å². The summed E-state index contributed by atoms with van der Waals surface area (Å²) >= 11 is 0. The van der Waals surface area contributed by atoms with Crippen LogP contribution in [0.1, 0.15) is 93.2 Å². The van der Waals surface area contributed by atoms with E-state index in [1.54, 1.807) is 0 Å². The molecule has 0 aliphatic rings. The quantitative estimate of drug-likeness (QED) is 0.110. The van der Waals surface area contributed by atoms with Crippen LogP contribution >= 0.6 is 0 Å². The van der Waals surface area contributed by atoms with Crippen LogP contribution in [-0.2, 0) is 12.8 Å². The maximum Gasteiger partial charge on any atom is 0.159 e. The van der Waals surface area contributed by atoms with Crippen LogP contribution < -0.4 is 9.80 Å². The van der Waals surface area contributed by atoms with Crippen molar-refractivity contribution in [3.63, 3.8) is 0 Å². The largest absolute Gasteiger partial charge is 0.505 e. The zero-order valence-electron chi connectivity index (χ0n) is 47.7. The van der Waals surface area contributed by atoms with Gasteiger partial charge in [0.15, 0.2) is 5.58 Å². The van der Waals surface area contributed by atoms with Crippen molar-refractivity contribution in [2.75, 3.05) is 9.80 Å². The molecule has 0 saturated carbocycles. The Labute approximate surface area is 476 Å². The van der Waals surface area contributed by atoms with Crippen LogP contribution in [0.2, 0.25) is 0 Å². The molecule has 1 unspecified atom stereocenters. The molecule has 12 aromatic carbocycles. The van der Waals surface area contributed by atoms with Gasteiger partial charge in [-0.2, -0.15) is 0 Å². The van der Waals surface area contributed by atoms with E-state index in [9.17, 15) is 5.11 Å². The number of furan rings is 1. The van der Waals surface area contributed by atoms with Gasteiger partial charge in [-0.3, -0.25) is 0 Å². The lowest BCUT2D eigenvalue weighted by molar-refractivity contribution is 0.478. The Hall–Kier alpha value is -9.12. The molecule has 1 aromatic heterocycles. The minimum Gasteiger partial charge on any atom is -0.505 e. The van der Waals surface area contributed by atoms with Crippen molar-refractivity contribution < 1.29 is 9.52 Å². The van der Waals surface area contributed by atoms with E-state index in [0.717, 1.165) is 108 Å². The van der Waals surface area contributed by atoms with Gasteiger partial charge in [0.1, 0.15) is 11.3 Å². The van der Waals surface area contributed by atoms with E-state index < -0.39 is 0 Å². The van der Waals surface area contributed by atoms with Crippen molar-refractivity contribution in [1.29, 1.82) is 0 Å². The van der Waals surface area contributed by atoms with Gasteiger partial charge < -0.3 is 19.3 Å². The van der Waals surface area contributed by atoms with Gasteiger partial charge in [-0.05, 0) is 166 Å². The van der Waals surface area contributed by atoms with Gasteiger partial charge >= 0.3 is 0 Å². The Bertz CT molecular complexity index is 4510. The normalized spacial score (nSPS) is 12.2. The topological polar surface area (TPSA) is 39.9 Å². The number of hydrogen-bond acceptors (Lipinski definition) is 4. The first-order valence-corrected chi connectivity index (χ1v) is 29.1. The fourth-order valence-corrected chi connectivity index (χ4v) is 12.9. The minimum absolute atomic E-state index is 0.197. The van der Waals surface area contributed by atoms with Crippen molar-refractivity contribution in [3.8, 4) is 39.1 Å². The molecule has 0 radical (unpaired) electrons. The van der Waals surface area contributed by atoms with E-state index in [2.05, 4.69) is 278 Å². The van der Waals surface area contributed by atoms with Crippen LogP contribution in [0.25, 0.3) is 87.6 Å². The molecule has 1 N–H and O–H groups in total. The van der Waals surface area contributed by atoms with Crippen molar-refractivity contribution >= 4 is 88.4 Å². The SMILES string of the molecule is CCc1ccccc1-c1cccc(-c2cccc(N(c3ccc(C)cc3)c3cc(C(C)CC)c4ccc5c(N(c6ccc(C)cc6)c6cccc7c6oc6c(-c8ccccc8CC)cccc67)cc(C(C)C)c6ccc3c4c65)c2O)c1. The molecule has 0 fully saturated rings. The van der Waals surface area contributed by atoms with Gasteiger partial charge in [-0.1, -0.05) is 210 Å². The highest BCUT2D eigenvalue weighted by Crippen LogP contribution is 2.54. The average Bonchev–Trinajstić information content (AvgIpc) is 4.05. The molecule has 0 aliphatic heterocycles. The van der Waals surface area contributed by atoms with Gasteiger partial charge in [0.2, 0.25) is 0 Å². The van der Waals surface area contributed by atoms with Gasteiger partial charge in [0, 0.05) is 44.0 Å². The first kappa shape index (κ1) is 51.3. The number of phenolic OH excluding ortho intramolecular Hbond substituents is 1. The number of aryl methyl sites for hydroxylation is 4. The number of phenols is 1. The van der Waals surface area contributed by atoms with Crippen LogP contribution in [0.4, 0.5) is 34.1 Å². The second-order valence-corrected chi connectivity index (χ2v) is 22.6. The summed E-state index contributed by atoms with van der Waals surface area (Å²) in [5.74, 6) is 0.659. The molecule has 0 bridgehead atoms. The summed E-state index contributed by atoms with van der Waals surface area (Å²) < 4.78 is 7.32. The fraction of sp³-hybridized carbons (Fsp3) is 0.169. The summed E-state index contributed by atoms with van der Waals surface area (Å²) in [5.41, 5.74) is 21.5. The summed E-state index contributed by atoms with van der Waals surface area (Å²) in [6.45, 7) is 18.0. The smallest absolute Gasteiger partial charge is 0.159 e. The molecule has 13 rings (SSSR count). The van der Waals surface area contributed by atoms with E-state index >= 15 is 0 Å². The van der Waals surface area contributed by atoms with E-state index in [1.165, 1.54) is 66.1 Å². The Kier molecular flexibility index (Phi) is 13.2. The number of para-hydroxylation sites is 3. The fourth-order valence-electron chi connectivity index (χ4n) is 12.9. The molecule has 4 nitrogen and oxygen atoms in total. The Morgan fingerprint density at radius 3 is 1.48 bits per heavy atom. The Morgan fingerprint density at radius 2 is 0.864 bits per heavy atom. The first-order chi connectivity index (χ1) is 39.5. The van der Waals surface area contributed by atoms with Crippen LogP contribution in [0.15, 0.2) is 217 Å². The third kappa shape index (κ3) is 8.68. The average molecular weight is 1050 g/mol. The predicted molar refractivity (Wildman–Crippen MR) is 346 cm³/mol. The molecule has 0 aliphatic carbocycles. The number of benzene rings is 12. The van der Waals surface area contributed by atoms with Crippen molar-refractivity contribution in [2.45, 2.75) is 86.5 Å². The van der Waals surface area contributed by atoms with E-state index in [-0.39, 0.29) is 17.6 Å². The molecule has 13 aromatic rings. The highest BCUT2D eigenvalue weighted by molar-refractivity contribution is 6.30. The van der Waals surface area contributed by atoms with Crippen molar-refractivity contribution in [3.05, 3.63) is 246 Å². The van der Waals surface area contributed by atoms with E-state index in [0.29, 0.717) is 0 Å². The lowest BCUT2D eigenvalue weighted by Crippen LogP contribution is -2.13. The Balaban J connectivity index is 1.08. The van der Waals surface area contributed by atoms with E-state index in [4.69, 9.17) is 4.42 Å². The third-order valence-electron chi connectivity index (χ3n) is 17.3. The third-order valence-corrected chi connectivity index (χ3v) is 17.3. The number of anilines is 6. The molecule has 1 atom stereocenters. The number of hydrogen-bond donors (Lipinski definition) is 1. The van der Waals surface area contributed by atoms with Crippen LogP contribution in [-0.4, -0.2) is 5.11 Å². The van der Waals surface area contributed by atoms with Gasteiger partial charge in [-0.15, -0.1) is 0 Å². The predicted octanol–water partition coefficient (Wildman–Crippen LogP) is 22.5. The van der Waals surface area contributed by atoms with Gasteiger partial charge in [-0.25, -0.2) is 0 Å². The first-order valence-electron chi connectivity index (χ1n) is 29.1. The second kappa shape index (κ2) is 20.8. The molecule has 1 heterocycles. The summed E-state index contributed by atoms with van der Waals surface area (Å²) in [7, 11) is 0. The van der Waals surface area contributed by atoms with Gasteiger partial charge in [0.05, 0.1) is 22.7 Å². The van der Waals surface area contributed by atoms with Crippen molar-refractivity contribution in [2.24, 2.45) is 0 Å². The lowest BCUT2D eigenvalue weighted by Gasteiger charge is -2.32. The molecule has 81 heavy (non-hydrogen) atoms. The number of fused-ring (bicyclic) bond motifs is 3. The van der Waals surface area contributed by atoms with Crippen LogP contribution in [0.3, 0.4) is 0 Å². The molecule has 398 valence electrons. The maximum absolute atomic E-state index is 13.0. The number of aromatic hydroxyl groups is 1. The monoisotopic (exact) mass is 1050 g/mol. The zero-order chi connectivity index (χ0) is 55.6. The van der Waals surface area contributed by atoms with Crippen LogP contribution in [0, 0.1) is 13.8 Å². The number of rotatable bonds is 14. The second-order valence-electron chi connectivity index (χ2n) is 22.6. The maximum atomic E-state index is 13.0. The van der Waals surface area contributed by atoms with Crippen LogP contribution in [0.5, 0.6) is 5.75 Å². The highest BCUT2D eigenvalue weighted by atomic mass is 16.3. The summed E-state index contributed by atoms with van der Waals surface area (Å²) in [6.07, 6.45) is 2.82. The lowest BCUT2D eigenvalue weighted by atomic mass is 9.83. The minimum atomic E-state index is 0.197. The highest BCUT2D eigenvalue weighted by Gasteiger charge is 2.29. The summed E-state index contributed by atoms with van der Waals surface area (Å²) in [5, 5.41) is 22.4. The van der Waals surface area contributed by atoms with Crippen molar-refractivity contribution in [1.82, 2.24) is 0 Å². The van der Waals surface area contributed by atoms with Gasteiger partial charge in [0.25, 0.3) is 0 Å².